The minimum absolute atomic E-state index is 0.130. The lowest BCUT2D eigenvalue weighted by Crippen LogP contribution is -2.37. The number of piperidine rings is 1. The van der Waals surface area contributed by atoms with Crippen molar-refractivity contribution >= 4 is 27.7 Å². The van der Waals surface area contributed by atoms with Crippen molar-refractivity contribution in [3.8, 4) is 0 Å². The molecule has 2 aromatic carbocycles. The molecule has 8 heteroatoms. The van der Waals surface area contributed by atoms with Gasteiger partial charge in [-0.3, -0.25) is 0 Å². The highest BCUT2D eigenvalue weighted by atomic mass is 35.5. The molecule has 0 unspecified atom stereocenters. The number of amides is 2. The summed E-state index contributed by atoms with van der Waals surface area (Å²) in [5.74, 6) is 0. The molecule has 6 nitrogen and oxygen atoms in total. The number of hydrogen-bond donors (Lipinski definition) is 2. The number of nitrogens with one attached hydrogen (secondary N) is 2. The van der Waals surface area contributed by atoms with Gasteiger partial charge in [-0.05, 0) is 42.2 Å². The van der Waals surface area contributed by atoms with E-state index in [0.717, 1.165) is 24.8 Å². The predicted molar refractivity (Wildman–Crippen MR) is 110 cm³/mol. The number of halogens is 1. The number of hydrogen-bond acceptors (Lipinski definition) is 3. The summed E-state index contributed by atoms with van der Waals surface area (Å²) < 4.78 is 27.5. The van der Waals surface area contributed by atoms with Crippen molar-refractivity contribution < 1.29 is 13.2 Å². The normalized spacial score (nSPS) is 15.2. The van der Waals surface area contributed by atoms with E-state index in [1.54, 1.807) is 36.4 Å². The van der Waals surface area contributed by atoms with E-state index < -0.39 is 10.0 Å². The van der Waals surface area contributed by atoms with Crippen LogP contribution in [-0.2, 0) is 23.1 Å². The third-order valence-corrected chi connectivity index (χ3v) is 6.92. The zero-order valence-corrected chi connectivity index (χ0v) is 17.1. The molecule has 1 saturated heterocycles. The zero-order valence-electron chi connectivity index (χ0n) is 15.5. The van der Waals surface area contributed by atoms with Crippen LogP contribution in [0.4, 0.5) is 4.79 Å². The monoisotopic (exact) mass is 421 g/mol. The second-order valence-electron chi connectivity index (χ2n) is 6.74. The Morgan fingerprint density at radius 2 is 1.68 bits per heavy atom. The van der Waals surface area contributed by atoms with E-state index >= 15 is 0 Å². The first-order valence-electron chi connectivity index (χ1n) is 9.31. The molecule has 1 heterocycles. The topological polar surface area (TPSA) is 78.5 Å². The molecule has 0 aromatic heterocycles. The molecular formula is C20H24ClN3O3S. The SMILES string of the molecule is O=C(NCc1cccc(Cl)c1)NCc1ccccc1S(=O)(=O)N1CCCCC1. The van der Waals surface area contributed by atoms with Gasteiger partial charge in [0.15, 0.2) is 0 Å². The predicted octanol–water partition coefficient (Wildman–Crippen LogP) is 3.51. The van der Waals surface area contributed by atoms with E-state index in [0.29, 0.717) is 30.2 Å². The van der Waals surface area contributed by atoms with E-state index in [4.69, 9.17) is 11.6 Å². The molecule has 3 rings (SSSR count). The number of rotatable bonds is 6. The van der Waals surface area contributed by atoms with Gasteiger partial charge in [-0.25, -0.2) is 13.2 Å². The van der Waals surface area contributed by atoms with Gasteiger partial charge in [0, 0.05) is 31.2 Å². The first-order chi connectivity index (χ1) is 13.5. The van der Waals surface area contributed by atoms with Gasteiger partial charge in [-0.1, -0.05) is 48.4 Å². The lowest BCUT2D eigenvalue weighted by molar-refractivity contribution is 0.240. The first-order valence-corrected chi connectivity index (χ1v) is 11.1. The molecule has 1 aliphatic heterocycles. The van der Waals surface area contributed by atoms with Gasteiger partial charge in [-0.15, -0.1) is 0 Å². The fourth-order valence-electron chi connectivity index (χ4n) is 3.21. The lowest BCUT2D eigenvalue weighted by Gasteiger charge is -2.26. The summed E-state index contributed by atoms with van der Waals surface area (Å²) in [5, 5.41) is 6.09. The van der Waals surface area contributed by atoms with Crippen LogP contribution in [0.1, 0.15) is 30.4 Å². The number of nitrogens with zero attached hydrogens (tertiary/aromatic N) is 1. The summed E-state index contributed by atoms with van der Waals surface area (Å²) in [5.41, 5.74) is 1.46. The van der Waals surface area contributed by atoms with E-state index in [2.05, 4.69) is 10.6 Å². The van der Waals surface area contributed by atoms with Crippen LogP contribution in [0.2, 0.25) is 5.02 Å². The second kappa shape index (κ2) is 9.41. The number of carbonyl (C=O) groups excluding carboxylic acids is 1. The third-order valence-electron chi connectivity index (χ3n) is 4.69. The fraction of sp³-hybridized carbons (Fsp3) is 0.350. The molecule has 150 valence electrons. The minimum atomic E-state index is -3.55. The number of carbonyl (C=O) groups is 1. The lowest BCUT2D eigenvalue weighted by atomic mass is 10.2. The van der Waals surface area contributed by atoms with Crippen LogP contribution in [-0.4, -0.2) is 31.8 Å². The van der Waals surface area contributed by atoms with Crippen LogP contribution in [0.15, 0.2) is 53.4 Å². The first kappa shape index (κ1) is 20.6. The van der Waals surface area contributed by atoms with Crippen molar-refractivity contribution in [3.63, 3.8) is 0 Å². The maximum Gasteiger partial charge on any atom is 0.315 e. The molecule has 0 radical (unpaired) electrons. The Labute approximate surface area is 170 Å². The molecular weight excluding hydrogens is 398 g/mol. The van der Waals surface area contributed by atoms with E-state index in [-0.39, 0.29) is 17.5 Å². The van der Waals surface area contributed by atoms with Gasteiger partial charge in [0.05, 0.1) is 4.90 Å². The van der Waals surface area contributed by atoms with Gasteiger partial charge in [0.2, 0.25) is 10.0 Å². The van der Waals surface area contributed by atoms with Crippen LogP contribution < -0.4 is 10.6 Å². The standard InChI is InChI=1S/C20H24ClN3O3S/c21-18-9-6-7-16(13-18)14-22-20(25)23-15-17-8-2-3-10-19(17)28(26,27)24-11-4-1-5-12-24/h2-3,6-10,13H,1,4-5,11-12,14-15H2,(H2,22,23,25). The maximum absolute atomic E-state index is 13.0. The number of sulfonamides is 1. The third kappa shape index (κ3) is 5.25. The summed E-state index contributed by atoms with van der Waals surface area (Å²) in [6.07, 6.45) is 2.82. The van der Waals surface area contributed by atoms with Crippen molar-refractivity contribution in [2.45, 2.75) is 37.2 Å². The minimum Gasteiger partial charge on any atom is -0.334 e. The Kier molecular flexibility index (Phi) is 6.93. The summed E-state index contributed by atoms with van der Waals surface area (Å²) in [6, 6.07) is 13.7. The van der Waals surface area contributed by atoms with Crippen LogP contribution in [0.3, 0.4) is 0 Å². The van der Waals surface area contributed by atoms with Gasteiger partial charge in [-0.2, -0.15) is 4.31 Å². The van der Waals surface area contributed by atoms with Crippen LogP contribution in [0.25, 0.3) is 0 Å². The Morgan fingerprint density at radius 1 is 0.964 bits per heavy atom. The molecule has 0 aliphatic carbocycles. The Morgan fingerprint density at radius 3 is 2.43 bits per heavy atom. The van der Waals surface area contributed by atoms with Gasteiger partial charge >= 0.3 is 6.03 Å². The highest BCUT2D eigenvalue weighted by Crippen LogP contribution is 2.23. The highest BCUT2D eigenvalue weighted by molar-refractivity contribution is 7.89. The average Bonchev–Trinajstić information content (AvgIpc) is 2.71. The molecule has 2 N–H and O–H groups in total. The summed E-state index contributed by atoms with van der Waals surface area (Å²) >= 11 is 5.94. The van der Waals surface area contributed by atoms with Crippen LogP contribution in [0.5, 0.6) is 0 Å². The number of urea groups is 1. The molecule has 2 aromatic rings. The molecule has 2 amide bonds. The smallest absolute Gasteiger partial charge is 0.315 e. The van der Waals surface area contributed by atoms with Crippen molar-refractivity contribution in [2.24, 2.45) is 0 Å². The highest BCUT2D eigenvalue weighted by Gasteiger charge is 2.27. The average molecular weight is 422 g/mol. The van der Waals surface area contributed by atoms with E-state index in [1.165, 1.54) is 4.31 Å². The van der Waals surface area contributed by atoms with Crippen molar-refractivity contribution in [2.75, 3.05) is 13.1 Å². The van der Waals surface area contributed by atoms with Crippen molar-refractivity contribution in [1.82, 2.24) is 14.9 Å². The molecule has 0 saturated carbocycles. The van der Waals surface area contributed by atoms with Crippen molar-refractivity contribution in [1.29, 1.82) is 0 Å². The number of benzene rings is 2. The largest absolute Gasteiger partial charge is 0.334 e. The maximum atomic E-state index is 13.0. The Bertz CT molecular complexity index is 928. The molecule has 0 spiro atoms. The second-order valence-corrected chi connectivity index (χ2v) is 9.08. The molecule has 0 atom stereocenters. The van der Waals surface area contributed by atoms with Gasteiger partial charge in [0.25, 0.3) is 0 Å². The van der Waals surface area contributed by atoms with Crippen molar-refractivity contribution in [3.05, 3.63) is 64.7 Å². The van der Waals surface area contributed by atoms with Gasteiger partial charge < -0.3 is 10.6 Å². The summed E-state index contributed by atoms with van der Waals surface area (Å²) in [7, 11) is -3.55. The quantitative estimate of drug-likeness (QED) is 0.749. The van der Waals surface area contributed by atoms with Crippen LogP contribution >= 0.6 is 11.6 Å². The van der Waals surface area contributed by atoms with E-state index in [1.807, 2.05) is 12.1 Å². The van der Waals surface area contributed by atoms with E-state index in [9.17, 15) is 13.2 Å². The summed E-state index contributed by atoms with van der Waals surface area (Å²) in [6.45, 7) is 1.55. The fourth-order valence-corrected chi connectivity index (χ4v) is 5.17. The molecule has 28 heavy (non-hydrogen) atoms. The Hall–Kier alpha value is -2.09. The molecule has 1 fully saturated rings. The zero-order chi connectivity index (χ0) is 20.0. The molecule has 0 bridgehead atoms. The van der Waals surface area contributed by atoms with Crippen LogP contribution in [0, 0.1) is 0 Å². The molecule has 1 aliphatic rings. The van der Waals surface area contributed by atoms with Gasteiger partial charge in [0.1, 0.15) is 0 Å². The summed E-state index contributed by atoms with van der Waals surface area (Å²) in [4.78, 5) is 12.4. The Balaban J connectivity index is 1.62.